The quantitative estimate of drug-likeness (QED) is 0.586. The van der Waals surface area contributed by atoms with Crippen LogP contribution in [0.4, 0.5) is 17.1 Å². The number of para-hydroxylation sites is 1. The number of benzene rings is 2. The van der Waals surface area contributed by atoms with Crippen molar-refractivity contribution >= 4 is 38.7 Å². The zero-order valence-electron chi connectivity index (χ0n) is 14.6. The normalized spacial score (nSPS) is 13.5. The highest BCUT2D eigenvalue weighted by Gasteiger charge is 2.29. The van der Waals surface area contributed by atoms with Crippen molar-refractivity contribution in [1.29, 1.82) is 0 Å². The molecule has 0 unspecified atom stereocenters. The molecule has 0 atom stereocenters. The number of nitro groups is 1. The summed E-state index contributed by atoms with van der Waals surface area (Å²) in [5, 5.41) is 13.5. The van der Waals surface area contributed by atoms with E-state index in [0.717, 1.165) is 17.2 Å². The lowest BCUT2D eigenvalue weighted by Crippen LogP contribution is -2.43. The molecule has 0 spiro atoms. The Morgan fingerprint density at radius 2 is 2.00 bits per heavy atom. The zero-order valence-corrected chi connectivity index (χ0v) is 15.4. The fraction of sp³-hybridized carbons (Fsp3) is 0.176. The lowest BCUT2D eigenvalue weighted by atomic mass is 10.2. The molecule has 2 amide bonds. The van der Waals surface area contributed by atoms with E-state index < -0.39 is 33.1 Å². The number of amides is 2. The topological polar surface area (TPSA) is 136 Å². The summed E-state index contributed by atoms with van der Waals surface area (Å²) in [7, 11) is -3.58. The molecule has 0 aromatic heterocycles. The summed E-state index contributed by atoms with van der Waals surface area (Å²) in [6.07, 6.45) is 1.01. The van der Waals surface area contributed by atoms with Crippen molar-refractivity contribution in [3.63, 3.8) is 0 Å². The Balaban J connectivity index is 1.87. The van der Waals surface area contributed by atoms with E-state index in [1.807, 2.05) is 0 Å². The minimum absolute atomic E-state index is 0.0623. The van der Waals surface area contributed by atoms with Gasteiger partial charge in [0.1, 0.15) is 12.3 Å². The molecule has 0 radical (unpaired) electrons. The third-order valence-electron chi connectivity index (χ3n) is 3.96. The minimum atomic E-state index is -3.58. The smallest absolute Gasteiger partial charge is 0.271 e. The number of nitrogens with one attached hydrogen (secondary N) is 1. The molecular weight excluding hydrogens is 390 g/mol. The van der Waals surface area contributed by atoms with Crippen LogP contribution in [0.15, 0.2) is 47.4 Å². The molecule has 0 fully saturated rings. The zero-order chi connectivity index (χ0) is 20.5. The van der Waals surface area contributed by atoms with E-state index >= 15 is 0 Å². The van der Waals surface area contributed by atoms with Gasteiger partial charge in [0.2, 0.25) is 5.91 Å². The van der Waals surface area contributed by atoms with Crippen LogP contribution in [-0.4, -0.2) is 44.6 Å². The monoisotopic (exact) mass is 405 g/mol. The molecule has 11 heteroatoms. The number of hydrogen-bond donors (Lipinski definition) is 1. The average molecular weight is 405 g/mol. The number of fused-ring (bicyclic) bond motifs is 1. The van der Waals surface area contributed by atoms with Crippen LogP contribution in [0.5, 0.6) is 5.75 Å². The van der Waals surface area contributed by atoms with E-state index in [9.17, 15) is 28.1 Å². The maximum atomic E-state index is 12.5. The fourth-order valence-electron chi connectivity index (χ4n) is 2.70. The Labute approximate surface area is 159 Å². The Morgan fingerprint density at radius 3 is 2.68 bits per heavy atom. The second-order valence-corrected chi connectivity index (χ2v) is 7.98. The van der Waals surface area contributed by atoms with Crippen LogP contribution >= 0.6 is 0 Å². The van der Waals surface area contributed by atoms with Crippen LogP contribution < -0.4 is 15.0 Å². The van der Waals surface area contributed by atoms with E-state index in [-0.39, 0.29) is 34.3 Å². The van der Waals surface area contributed by atoms with Gasteiger partial charge in [-0.2, -0.15) is 0 Å². The van der Waals surface area contributed by atoms with Crippen molar-refractivity contribution in [2.75, 3.05) is 29.6 Å². The van der Waals surface area contributed by atoms with Crippen LogP contribution in [0.1, 0.15) is 0 Å². The van der Waals surface area contributed by atoms with Crippen LogP contribution in [0.2, 0.25) is 0 Å². The van der Waals surface area contributed by atoms with Crippen LogP contribution in [0.25, 0.3) is 0 Å². The van der Waals surface area contributed by atoms with Crippen molar-refractivity contribution in [2.45, 2.75) is 4.90 Å². The van der Waals surface area contributed by atoms with Gasteiger partial charge < -0.3 is 10.1 Å². The molecule has 1 heterocycles. The third-order valence-corrected chi connectivity index (χ3v) is 5.11. The summed E-state index contributed by atoms with van der Waals surface area (Å²) in [6.45, 7) is -0.785. The summed E-state index contributed by atoms with van der Waals surface area (Å²) < 4.78 is 28.9. The van der Waals surface area contributed by atoms with Crippen LogP contribution in [0, 0.1) is 10.1 Å². The SMILES string of the molecule is CS(=O)(=O)c1ccccc1NC(=O)CN1C(=O)COc2ccc([N+](=O)[O-])cc21. The van der Waals surface area contributed by atoms with Gasteiger partial charge in [0.05, 0.1) is 21.2 Å². The van der Waals surface area contributed by atoms with Gasteiger partial charge in [-0.15, -0.1) is 0 Å². The summed E-state index contributed by atoms with van der Waals surface area (Å²) in [5.74, 6) is -0.988. The molecule has 146 valence electrons. The van der Waals surface area contributed by atoms with E-state index in [2.05, 4.69) is 5.32 Å². The van der Waals surface area contributed by atoms with E-state index in [1.54, 1.807) is 6.07 Å². The Morgan fingerprint density at radius 1 is 1.29 bits per heavy atom. The second kappa shape index (κ2) is 7.27. The molecule has 3 rings (SSSR count). The van der Waals surface area contributed by atoms with E-state index in [0.29, 0.717) is 0 Å². The number of nitro benzene ring substituents is 1. The Hall–Kier alpha value is -3.47. The summed E-state index contributed by atoms with van der Waals surface area (Å²) in [4.78, 5) is 36.0. The highest BCUT2D eigenvalue weighted by molar-refractivity contribution is 7.90. The third kappa shape index (κ3) is 3.93. The van der Waals surface area contributed by atoms with Gasteiger partial charge in [-0.3, -0.25) is 24.6 Å². The maximum Gasteiger partial charge on any atom is 0.271 e. The predicted octanol–water partition coefficient (Wildman–Crippen LogP) is 1.36. The first-order valence-corrected chi connectivity index (χ1v) is 9.86. The first-order valence-electron chi connectivity index (χ1n) is 7.97. The molecule has 2 aromatic rings. The molecule has 0 saturated heterocycles. The largest absolute Gasteiger partial charge is 0.482 e. The minimum Gasteiger partial charge on any atom is -0.482 e. The van der Waals surface area contributed by atoms with Crippen molar-refractivity contribution in [3.8, 4) is 5.75 Å². The van der Waals surface area contributed by atoms with Crippen molar-refractivity contribution in [2.24, 2.45) is 0 Å². The first kappa shape index (κ1) is 19.3. The summed E-state index contributed by atoms with van der Waals surface area (Å²) in [5.41, 5.74) is -0.0862. The molecule has 0 saturated carbocycles. The van der Waals surface area contributed by atoms with Gasteiger partial charge in [0, 0.05) is 18.4 Å². The Kier molecular flexibility index (Phi) is 5.01. The van der Waals surface area contributed by atoms with E-state index in [1.165, 1.54) is 30.3 Å². The molecule has 10 nitrogen and oxygen atoms in total. The van der Waals surface area contributed by atoms with Gasteiger partial charge in [-0.1, -0.05) is 12.1 Å². The number of non-ortho nitro benzene ring substituents is 1. The van der Waals surface area contributed by atoms with Gasteiger partial charge in [-0.05, 0) is 18.2 Å². The number of hydrogen-bond acceptors (Lipinski definition) is 7. The number of carbonyl (C=O) groups is 2. The lowest BCUT2D eigenvalue weighted by Gasteiger charge is -2.28. The van der Waals surface area contributed by atoms with Gasteiger partial charge in [0.15, 0.2) is 16.4 Å². The van der Waals surface area contributed by atoms with Crippen molar-refractivity contribution < 1.29 is 27.7 Å². The molecule has 1 aliphatic heterocycles. The molecule has 1 aliphatic rings. The number of carbonyl (C=O) groups excluding carboxylic acids is 2. The summed E-state index contributed by atoms with van der Waals surface area (Å²) in [6, 6.07) is 9.58. The Bertz CT molecular complexity index is 1080. The number of rotatable bonds is 5. The number of nitrogens with zero attached hydrogens (tertiary/aromatic N) is 2. The molecule has 1 N–H and O–H groups in total. The average Bonchev–Trinajstić information content (AvgIpc) is 2.63. The predicted molar refractivity (Wildman–Crippen MR) is 99.1 cm³/mol. The second-order valence-electron chi connectivity index (χ2n) is 5.99. The number of anilines is 2. The van der Waals surface area contributed by atoms with Gasteiger partial charge >= 0.3 is 0 Å². The van der Waals surface area contributed by atoms with Crippen LogP contribution in [-0.2, 0) is 19.4 Å². The highest BCUT2D eigenvalue weighted by atomic mass is 32.2. The van der Waals surface area contributed by atoms with Crippen molar-refractivity contribution in [3.05, 3.63) is 52.6 Å². The molecule has 28 heavy (non-hydrogen) atoms. The standard InChI is InChI=1S/C17H15N3O7S/c1-28(25,26)15-5-3-2-4-12(15)18-16(21)9-19-13-8-11(20(23)24)6-7-14(13)27-10-17(19)22/h2-8H,9-10H2,1H3,(H,18,21). The van der Waals surface area contributed by atoms with Gasteiger partial charge in [-0.25, -0.2) is 8.42 Å². The molecule has 0 bridgehead atoms. The molecular formula is C17H15N3O7S. The van der Waals surface area contributed by atoms with Gasteiger partial charge in [0.25, 0.3) is 11.6 Å². The fourth-order valence-corrected chi connectivity index (χ4v) is 3.55. The molecule has 0 aliphatic carbocycles. The van der Waals surface area contributed by atoms with E-state index in [4.69, 9.17) is 4.74 Å². The van der Waals surface area contributed by atoms with Crippen molar-refractivity contribution in [1.82, 2.24) is 0 Å². The maximum absolute atomic E-state index is 12.5. The van der Waals surface area contributed by atoms with Crippen LogP contribution in [0.3, 0.4) is 0 Å². The molecule has 2 aromatic carbocycles. The summed E-state index contributed by atoms with van der Waals surface area (Å²) >= 11 is 0. The number of ether oxygens (including phenoxy) is 1. The highest BCUT2D eigenvalue weighted by Crippen LogP contribution is 2.35. The lowest BCUT2D eigenvalue weighted by molar-refractivity contribution is -0.384. The number of sulfone groups is 1. The first-order chi connectivity index (χ1) is 13.2.